The zero-order chi connectivity index (χ0) is 15.2. The zero-order valence-electron chi connectivity index (χ0n) is 14.5. The summed E-state index contributed by atoms with van der Waals surface area (Å²) < 4.78 is 0. The lowest BCUT2D eigenvalue weighted by Gasteiger charge is -2.51. The number of piperidine rings is 1. The van der Waals surface area contributed by atoms with E-state index >= 15 is 0 Å². The van der Waals surface area contributed by atoms with Crippen LogP contribution >= 0.6 is 0 Å². The van der Waals surface area contributed by atoms with Crippen LogP contribution in [0.1, 0.15) is 66.7 Å². The van der Waals surface area contributed by atoms with Crippen molar-refractivity contribution in [3.05, 3.63) is 0 Å². The molecule has 1 saturated heterocycles. The quantitative estimate of drug-likeness (QED) is 0.695. The van der Waals surface area contributed by atoms with Crippen LogP contribution in [0.25, 0.3) is 0 Å². The Morgan fingerprint density at radius 2 is 1.70 bits per heavy atom. The molecule has 1 rings (SSSR count). The molecule has 1 heterocycles. The molecule has 20 heavy (non-hydrogen) atoms. The van der Waals surface area contributed by atoms with Gasteiger partial charge in [0.05, 0.1) is 0 Å². The monoisotopic (exact) mass is 283 g/mol. The molecule has 0 aromatic heterocycles. The van der Waals surface area contributed by atoms with E-state index in [2.05, 4.69) is 44.4 Å². The molecule has 0 spiro atoms. The third kappa shape index (κ3) is 4.44. The molecule has 1 fully saturated rings. The zero-order valence-corrected chi connectivity index (χ0v) is 14.5. The van der Waals surface area contributed by atoms with Crippen LogP contribution in [-0.2, 0) is 0 Å². The molecule has 1 aliphatic heterocycles. The van der Waals surface area contributed by atoms with Crippen molar-refractivity contribution in [3.8, 4) is 0 Å². The van der Waals surface area contributed by atoms with Crippen LogP contribution in [-0.4, -0.2) is 53.6 Å². The summed E-state index contributed by atoms with van der Waals surface area (Å²) in [5.74, 6) is 0. The van der Waals surface area contributed by atoms with Crippen molar-refractivity contribution in [3.63, 3.8) is 0 Å². The fourth-order valence-electron chi connectivity index (χ4n) is 3.64. The van der Waals surface area contributed by atoms with Crippen molar-refractivity contribution in [2.45, 2.75) is 84.3 Å². The fraction of sp³-hybridized carbons (Fsp3) is 1.00. The van der Waals surface area contributed by atoms with Crippen molar-refractivity contribution < 1.29 is 0 Å². The van der Waals surface area contributed by atoms with Crippen LogP contribution in [0.3, 0.4) is 0 Å². The smallest absolute Gasteiger partial charge is 0.0358 e. The minimum absolute atomic E-state index is 0.243. The largest absolute Gasteiger partial charge is 0.329 e. The average molecular weight is 284 g/mol. The van der Waals surface area contributed by atoms with Crippen LogP contribution in [0.2, 0.25) is 0 Å². The number of hydrogen-bond donors (Lipinski definition) is 1. The molecule has 0 aromatic carbocycles. The van der Waals surface area contributed by atoms with Gasteiger partial charge < -0.3 is 10.6 Å². The van der Waals surface area contributed by atoms with Gasteiger partial charge in [-0.3, -0.25) is 4.90 Å². The lowest BCUT2D eigenvalue weighted by Crippen LogP contribution is -2.62. The van der Waals surface area contributed by atoms with Gasteiger partial charge in [0, 0.05) is 37.3 Å². The molecule has 0 bridgehead atoms. The van der Waals surface area contributed by atoms with Gasteiger partial charge in [-0.1, -0.05) is 19.8 Å². The Bertz CT molecular complexity index is 255. The Kier molecular flexibility index (Phi) is 7.49. The molecule has 0 atom stereocenters. The lowest BCUT2D eigenvalue weighted by atomic mass is 9.84. The predicted molar refractivity (Wildman–Crippen MR) is 89.1 cm³/mol. The van der Waals surface area contributed by atoms with E-state index in [0.29, 0.717) is 12.1 Å². The Morgan fingerprint density at radius 1 is 1.10 bits per heavy atom. The van der Waals surface area contributed by atoms with E-state index in [1.807, 2.05) is 0 Å². The first-order chi connectivity index (χ1) is 9.46. The second kappa shape index (κ2) is 8.35. The van der Waals surface area contributed by atoms with Crippen LogP contribution in [0.15, 0.2) is 0 Å². The SMILES string of the molecule is CCCCCN(C(C)C)C1(CN)CCN(C(C)C)CC1. The molecule has 3 heteroatoms. The Balaban J connectivity index is 2.69. The number of unbranched alkanes of at least 4 members (excludes halogenated alkanes) is 2. The highest BCUT2D eigenvalue weighted by atomic mass is 15.3. The molecule has 0 amide bonds. The predicted octanol–water partition coefficient (Wildman–Crippen LogP) is 3.09. The molecule has 0 unspecified atom stereocenters. The molecule has 0 aromatic rings. The number of likely N-dealkylation sites (tertiary alicyclic amines) is 1. The van der Waals surface area contributed by atoms with E-state index in [4.69, 9.17) is 5.73 Å². The highest BCUT2D eigenvalue weighted by Crippen LogP contribution is 2.31. The minimum atomic E-state index is 0.243. The summed E-state index contributed by atoms with van der Waals surface area (Å²) >= 11 is 0. The fourth-order valence-corrected chi connectivity index (χ4v) is 3.64. The number of nitrogens with zero attached hydrogens (tertiary/aromatic N) is 2. The van der Waals surface area contributed by atoms with E-state index < -0.39 is 0 Å². The first-order valence-electron chi connectivity index (χ1n) is 8.67. The lowest BCUT2D eigenvalue weighted by molar-refractivity contribution is -0.00236. The first-order valence-corrected chi connectivity index (χ1v) is 8.67. The molecule has 2 N–H and O–H groups in total. The maximum Gasteiger partial charge on any atom is 0.0358 e. The van der Waals surface area contributed by atoms with Gasteiger partial charge in [-0.25, -0.2) is 0 Å². The van der Waals surface area contributed by atoms with Crippen molar-refractivity contribution in [2.24, 2.45) is 5.73 Å². The molecule has 0 saturated carbocycles. The van der Waals surface area contributed by atoms with Gasteiger partial charge in [-0.2, -0.15) is 0 Å². The maximum atomic E-state index is 6.24. The average Bonchev–Trinajstić information content (AvgIpc) is 2.43. The van der Waals surface area contributed by atoms with Gasteiger partial charge in [-0.05, 0) is 53.5 Å². The number of rotatable bonds is 8. The minimum Gasteiger partial charge on any atom is -0.329 e. The van der Waals surface area contributed by atoms with Crippen LogP contribution < -0.4 is 5.73 Å². The van der Waals surface area contributed by atoms with E-state index in [-0.39, 0.29) is 5.54 Å². The maximum absolute atomic E-state index is 6.24. The van der Waals surface area contributed by atoms with E-state index in [1.165, 1.54) is 51.7 Å². The Hall–Kier alpha value is -0.120. The molecule has 0 aliphatic carbocycles. The third-order valence-electron chi connectivity index (χ3n) is 5.07. The standard InChI is InChI=1S/C17H37N3/c1-6-7-8-11-20(16(4)5)17(14-18)9-12-19(13-10-17)15(2)3/h15-16H,6-14,18H2,1-5H3. The summed E-state index contributed by atoms with van der Waals surface area (Å²) in [6.45, 7) is 16.0. The van der Waals surface area contributed by atoms with Crippen LogP contribution in [0.4, 0.5) is 0 Å². The summed E-state index contributed by atoms with van der Waals surface area (Å²) in [6.07, 6.45) is 6.40. The molecule has 1 aliphatic rings. The summed E-state index contributed by atoms with van der Waals surface area (Å²) in [5.41, 5.74) is 6.49. The van der Waals surface area contributed by atoms with Gasteiger partial charge in [-0.15, -0.1) is 0 Å². The van der Waals surface area contributed by atoms with Crippen LogP contribution in [0.5, 0.6) is 0 Å². The molecular weight excluding hydrogens is 246 g/mol. The van der Waals surface area contributed by atoms with Crippen molar-refractivity contribution >= 4 is 0 Å². The van der Waals surface area contributed by atoms with E-state index in [0.717, 1.165) is 6.54 Å². The van der Waals surface area contributed by atoms with Gasteiger partial charge in [0.2, 0.25) is 0 Å². The van der Waals surface area contributed by atoms with Gasteiger partial charge in [0.25, 0.3) is 0 Å². The van der Waals surface area contributed by atoms with Crippen molar-refractivity contribution in [1.82, 2.24) is 9.80 Å². The topological polar surface area (TPSA) is 32.5 Å². The summed E-state index contributed by atoms with van der Waals surface area (Å²) in [6, 6.07) is 1.26. The van der Waals surface area contributed by atoms with E-state index in [1.54, 1.807) is 0 Å². The number of nitrogens with two attached hydrogens (primary N) is 1. The Morgan fingerprint density at radius 3 is 2.10 bits per heavy atom. The van der Waals surface area contributed by atoms with E-state index in [9.17, 15) is 0 Å². The van der Waals surface area contributed by atoms with Gasteiger partial charge in [0.15, 0.2) is 0 Å². The highest BCUT2D eigenvalue weighted by molar-refractivity contribution is 4.98. The third-order valence-corrected chi connectivity index (χ3v) is 5.07. The van der Waals surface area contributed by atoms with Crippen LogP contribution in [0, 0.1) is 0 Å². The first kappa shape index (κ1) is 17.9. The molecule has 3 nitrogen and oxygen atoms in total. The van der Waals surface area contributed by atoms with Crippen molar-refractivity contribution in [2.75, 3.05) is 26.2 Å². The normalized spacial score (nSPS) is 20.2. The Labute approximate surface area is 126 Å². The summed E-state index contributed by atoms with van der Waals surface area (Å²) in [7, 11) is 0. The molecule has 0 radical (unpaired) electrons. The second-order valence-electron chi connectivity index (χ2n) is 7.05. The second-order valence-corrected chi connectivity index (χ2v) is 7.05. The summed E-state index contributed by atoms with van der Waals surface area (Å²) in [4.78, 5) is 5.30. The van der Waals surface area contributed by atoms with Crippen molar-refractivity contribution in [1.29, 1.82) is 0 Å². The number of hydrogen-bond acceptors (Lipinski definition) is 3. The molecular formula is C17H37N3. The highest BCUT2D eigenvalue weighted by Gasteiger charge is 2.39. The van der Waals surface area contributed by atoms with Gasteiger partial charge >= 0.3 is 0 Å². The summed E-state index contributed by atoms with van der Waals surface area (Å²) in [5, 5.41) is 0. The molecule has 120 valence electrons. The van der Waals surface area contributed by atoms with Gasteiger partial charge in [0.1, 0.15) is 0 Å².